The van der Waals surface area contributed by atoms with Crippen LogP contribution in [0.5, 0.6) is 0 Å². The number of unbranched alkanes of at least 4 members (excludes halogenated alkanes) is 29. The molecule has 0 fully saturated rings. The van der Waals surface area contributed by atoms with Gasteiger partial charge in [-0.15, -0.1) is 11.6 Å². The Morgan fingerprint density at radius 1 is 0.289 bits per heavy atom. The van der Waals surface area contributed by atoms with Gasteiger partial charge in [-0.05, 0) is 19.8 Å². The van der Waals surface area contributed by atoms with E-state index in [9.17, 15) is 0 Å². The molecule has 0 aromatic heterocycles. The molecule has 0 rings (SSSR count). The largest absolute Gasteiger partial charge is 0.120 e. The van der Waals surface area contributed by atoms with Gasteiger partial charge in [0, 0.05) is 4.87 Å². The van der Waals surface area contributed by atoms with E-state index >= 15 is 0 Å². The van der Waals surface area contributed by atoms with Crippen molar-refractivity contribution in [1.82, 2.24) is 0 Å². The molecular weight excluding hydrogens is 480 g/mol. The van der Waals surface area contributed by atoms with E-state index < -0.39 is 0 Å². The van der Waals surface area contributed by atoms with Crippen molar-refractivity contribution in [3.05, 3.63) is 0 Å². The molecule has 0 radical (unpaired) electrons. The lowest BCUT2D eigenvalue weighted by atomic mass is 9.95. The number of rotatable bonds is 33. The zero-order valence-corrected chi connectivity index (χ0v) is 28.0. The van der Waals surface area contributed by atoms with E-state index in [2.05, 4.69) is 20.8 Å². The number of halogens is 1. The SMILES string of the molecule is CCCCCCCCCCCCCCCCCCCCCCCC(C)(Cl)CCCCCCCCCCCC. The fraction of sp³-hybridized carbons (Fsp3) is 1.00. The summed E-state index contributed by atoms with van der Waals surface area (Å²) in [5.41, 5.74) is 0. The van der Waals surface area contributed by atoms with Crippen LogP contribution in [0.4, 0.5) is 0 Å². The van der Waals surface area contributed by atoms with Crippen molar-refractivity contribution in [2.45, 2.75) is 238 Å². The molecule has 0 aromatic carbocycles. The lowest BCUT2D eigenvalue weighted by Gasteiger charge is -2.22. The lowest BCUT2D eigenvalue weighted by Crippen LogP contribution is -2.15. The van der Waals surface area contributed by atoms with E-state index in [4.69, 9.17) is 11.6 Å². The molecule has 0 bridgehead atoms. The third-order valence-electron chi connectivity index (χ3n) is 8.85. The number of hydrogen-bond acceptors (Lipinski definition) is 0. The molecule has 1 atom stereocenters. The lowest BCUT2D eigenvalue weighted by molar-refractivity contribution is 0.456. The Kier molecular flexibility index (Phi) is 32.1. The van der Waals surface area contributed by atoms with Gasteiger partial charge in [0.05, 0.1) is 0 Å². The third kappa shape index (κ3) is 32.5. The van der Waals surface area contributed by atoms with Crippen molar-refractivity contribution in [1.29, 1.82) is 0 Å². The van der Waals surface area contributed by atoms with Crippen LogP contribution in [0.1, 0.15) is 233 Å². The zero-order valence-electron chi connectivity index (χ0n) is 27.2. The molecule has 0 amide bonds. The Balaban J connectivity index is 3.23. The first kappa shape index (κ1) is 38.3. The molecule has 0 aliphatic rings. The van der Waals surface area contributed by atoms with Gasteiger partial charge in [0.15, 0.2) is 0 Å². The Hall–Kier alpha value is 0.290. The quantitative estimate of drug-likeness (QED) is 0.0558. The Morgan fingerprint density at radius 3 is 0.632 bits per heavy atom. The Morgan fingerprint density at radius 2 is 0.447 bits per heavy atom. The summed E-state index contributed by atoms with van der Waals surface area (Å²) < 4.78 is 0. The molecule has 0 aromatic rings. The van der Waals surface area contributed by atoms with Crippen LogP contribution in [0, 0.1) is 0 Å². The molecule has 1 unspecified atom stereocenters. The summed E-state index contributed by atoms with van der Waals surface area (Å²) in [6.45, 7) is 6.89. The molecule has 0 saturated carbocycles. The van der Waals surface area contributed by atoms with E-state index in [0.717, 1.165) is 0 Å². The number of alkyl halides is 1. The van der Waals surface area contributed by atoms with Gasteiger partial charge in [-0.25, -0.2) is 0 Å². The average Bonchev–Trinajstić information content (AvgIpc) is 2.90. The van der Waals surface area contributed by atoms with E-state index in [-0.39, 0.29) is 4.87 Å². The minimum atomic E-state index is 0.0496. The van der Waals surface area contributed by atoms with Gasteiger partial charge in [-0.2, -0.15) is 0 Å². The summed E-state index contributed by atoms with van der Waals surface area (Å²) in [7, 11) is 0. The van der Waals surface area contributed by atoms with E-state index in [1.54, 1.807) is 0 Å². The first-order valence-corrected chi connectivity index (χ1v) is 18.7. The molecule has 0 N–H and O–H groups in total. The highest BCUT2D eigenvalue weighted by molar-refractivity contribution is 6.23. The molecule has 0 saturated heterocycles. The predicted octanol–water partition coefficient (Wildman–Crippen LogP) is 14.9. The van der Waals surface area contributed by atoms with Gasteiger partial charge in [0.2, 0.25) is 0 Å². The molecule has 0 heterocycles. The second kappa shape index (κ2) is 31.8. The Bertz CT molecular complexity index is 415. The normalized spacial score (nSPS) is 13.3. The molecule has 230 valence electrons. The molecule has 0 aliphatic heterocycles. The van der Waals surface area contributed by atoms with Crippen LogP contribution in [0.3, 0.4) is 0 Å². The Labute approximate surface area is 248 Å². The summed E-state index contributed by atoms with van der Waals surface area (Å²) in [5, 5.41) is 0. The second-order valence-corrected chi connectivity index (χ2v) is 14.1. The van der Waals surface area contributed by atoms with Gasteiger partial charge in [0.25, 0.3) is 0 Å². The maximum absolute atomic E-state index is 6.84. The van der Waals surface area contributed by atoms with Crippen LogP contribution in [-0.4, -0.2) is 4.87 Å². The minimum Gasteiger partial charge on any atom is -0.120 e. The first-order chi connectivity index (χ1) is 18.6. The van der Waals surface area contributed by atoms with E-state index in [1.807, 2.05) is 0 Å². The predicted molar refractivity (Wildman–Crippen MR) is 178 cm³/mol. The van der Waals surface area contributed by atoms with E-state index in [0.29, 0.717) is 0 Å². The highest BCUT2D eigenvalue weighted by atomic mass is 35.5. The van der Waals surface area contributed by atoms with Crippen LogP contribution < -0.4 is 0 Å². The van der Waals surface area contributed by atoms with Crippen LogP contribution in [0.25, 0.3) is 0 Å². The monoisotopic (exact) mass is 555 g/mol. The highest BCUT2D eigenvalue weighted by Crippen LogP contribution is 2.29. The summed E-state index contributed by atoms with van der Waals surface area (Å²) in [6, 6.07) is 0. The van der Waals surface area contributed by atoms with E-state index in [1.165, 1.54) is 212 Å². The topological polar surface area (TPSA) is 0 Å². The van der Waals surface area contributed by atoms with Crippen molar-refractivity contribution in [2.75, 3.05) is 0 Å². The summed E-state index contributed by atoms with van der Waals surface area (Å²) in [5.74, 6) is 0. The molecule has 0 nitrogen and oxygen atoms in total. The van der Waals surface area contributed by atoms with Gasteiger partial charge in [0.1, 0.15) is 0 Å². The van der Waals surface area contributed by atoms with Gasteiger partial charge in [-0.1, -0.05) is 213 Å². The average molecular weight is 555 g/mol. The molecule has 38 heavy (non-hydrogen) atoms. The first-order valence-electron chi connectivity index (χ1n) is 18.3. The van der Waals surface area contributed by atoms with Gasteiger partial charge in [-0.3, -0.25) is 0 Å². The number of hydrogen-bond donors (Lipinski definition) is 0. The maximum atomic E-state index is 6.84. The smallest absolute Gasteiger partial charge is 0.0418 e. The zero-order chi connectivity index (χ0) is 27.8. The van der Waals surface area contributed by atoms with Crippen LogP contribution in [0.2, 0.25) is 0 Å². The second-order valence-electron chi connectivity index (χ2n) is 13.2. The molecule has 0 aliphatic carbocycles. The fourth-order valence-corrected chi connectivity index (χ4v) is 6.30. The maximum Gasteiger partial charge on any atom is 0.0418 e. The van der Waals surface area contributed by atoms with Gasteiger partial charge >= 0.3 is 0 Å². The van der Waals surface area contributed by atoms with Crippen molar-refractivity contribution in [2.24, 2.45) is 0 Å². The summed E-state index contributed by atoms with van der Waals surface area (Å²) in [4.78, 5) is 0.0496. The van der Waals surface area contributed by atoms with Crippen LogP contribution in [0.15, 0.2) is 0 Å². The fourth-order valence-electron chi connectivity index (χ4n) is 6.03. The minimum absolute atomic E-state index is 0.0496. The third-order valence-corrected chi connectivity index (χ3v) is 9.23. The van der Waals surface area contributed by atoms with Crippen molar-refractivity contribution in [3.63, 3.8) is 0 Å². The summed E-state index contributed by atoms with van der Waals surface area (Å²) in [6.07, 6.45) is 47.1. The van der Waals surface area contributed by atoms with Crippen molar-refractivity contribution < 1.29 is 0 Å². The summed E-state index contributed by atoms with van der Waals surface area (Å²) >= 11 is 6.84. The molecule has 0 spiro atoms. The van der Waals surface area contributed by atoms with Crippen LogP contribution in [-0.2, 0) is 0 Å². The molecular formula is C37H75Cl. The van der Waals surface area contributed by atoms with Gasteiger partial charge < -0.3 is 0 Å². The highest BCUT2D eigenvalue weighted by Gasteiger charge is 2.19. The molecule has 1 heteroatoms. The van der Waals surface area contributed by atoms with Crippen molar-refractivity contribution in [3.8, 4) is 0 Å². The standard InChI is InChI=1S/C37H75Cl/c1-4-6-8-10-12-14-16-17-18-19-20-21-22-23-24-25-26-28-30-32-34-36-37(3,38)35-33-31-29-27-15-13-11-9-7-5-2/h4-36H2,1-3H3. The van der Waals surface area contributed by atoms with Crippen LogP contribution >= 0.6 is 11.6 Å². The van der Waals surface area contributed by atoms with Crippen molar-refractivity contribution >= 4 is 11.6 Å².